The van der Waals surface area contributed by atoms with Crippen LogP contribution in [0.25, 0.3) is 0 Å². The number of carboxylic acids is 1. The van der Waals surface area contributed by atoms with E-state index in [0.29, 0.717) is 18.5 Å². The van der Waals surface area contributed by atoms with Gasteiger partial charge in [0, 0.05) is 12.5 Å². The van der Waals surface area contributed by atoms with Gasteiger partial charge in [0.1, 0.15) is 5.82 Å². The van der Waals surface area contributed by atoms with Gasteiger partial charge in [-0.3, -0.25) is 9.69 Å². The van der Waals surface area contributed by atoms with E-state index >= 15 is 0 Å². The highest BCUT2D eigenvalue weighted by Gasteiger charge is 2.12. The minimum absolute atomic E-state index is 0.151. The summed E-state index contributed by atoms with van der Waals surface area (Å²) < 4.78 is 13.2. The lowest BCUT2D eigenvalue weighted by Gasteiger charge is -2.25. The van der Waals surface area contributed by atoms with E-state index in [9.17, 15) is 9.18 Å². The molecule has 0 saturated heterocycles. The van der Waals surface area contributed by atoms with Gasteiger partial charge < -0.3 is 5.11 Å². The molecular weight excluding hydrogens is 233 g/mol. The van der Waals surface area contributed by atoms with Crippen LogP contribution in [0.1, 0.15) is 36.9 Å². The normalized spacial score (nSPS) is 12.7. The summed E-state index contributed by atoms with van der Waals surface area (Å²) >= 11 is 0. The second kappa shape index (κ2) is 6.50. The van der Waals surface area contributed by atoms with Crippen molar-refractivity contribution < 1.29 is 14.3 Å². The minimum atomic E-state index is -0.770. The molecule has 18 heavy (non-hydrogen) atoms. The van der Waals surface area contributed by atoms with Crippen molar-refractivity contribution in [2.24, 2.45) is 0 Å². The Hall–Kier alpha value is -1.42. The number of carbonyl (C=O) groups is 1. The number of rotatable bonds is 6. The van der Waals surface area contributed by atoms with E-state index < -0.39 is 5.97 Å². The van der Waals surface area contributed by atoms with Gasteiger partial charge in [0.05, 0.1) is 0 Å². The Morgan fingerprint density at radius 1 is 1.50 bits per heavy atom. The standard InChI is InChI=1S/C14H20FNO2/c1-10-9-12(6-7-13(10)15)11(2)16(3)8-4-5-14(17)18/h6-7,9,11H,4-5,8H2,1-3H3,(H,17,18). The first-order valence-electron chi connectivity index (χ1n) is 6.10. The van der Waals surface area contributed by atoms with E-state index in [0.717, 1.165) is 5.56 Å². The van der Waals surface area contributed by atoms with Crippen molar-refractivity contribution in [2.45, 2.75) is 32.7 Å². The monoisotopic (exact) mass is 253 g/mol. The highest BCUT2D eigenvalue weighted by atomic mass is 19.1. The number of hydrogen-bond acceptors (Lipinski definition) is 2. The molecule has 1 N–H and O–H groups in total. The molecule has 0 radical (unpaired) electrons. The molecule has 1 atom stereocenters. The Balaban J connectivity index is 2.59. The van der Waals surface area contributed by atoms with Gasteiger partial charge in [-0.15, -0.1) is 0 Å². The topological polar surface area (TPSA) is 40.5 Å². The van der Waals surface area contributed by atoms with Crippen molar-refractivity contribution in [1.82, 2.24) is 4.90 Å². The molecule has 100 valence electrons. The molecule has 1 aromatic carbocycles. The molecule has 0 aliphatic heterocycles. The summed E-state index contributed by atoms with van der Waals surface area (Å²) in [5, 5.41) is 8.59. The maximum Gasteiger partial charge on any atom is 0.303 e. The van der Waals surface area contributed by atoms with E-state index in [-0.39, 0.29) is 18.3 Å². The zero-order valence-electron chi connectivity index (χ0n) is 11.1. The molecular formula is C14H20FNO2. The number of nitrogens with zero attached hydrogens (tertiary/aromatic N) is 1. The second-order valence-corrected chi connectivity index (χ2v) is 4.66. The minimum Gasteiger partial charge on any atom is -0.481 e. The molecule has 3 nitrogen and oxygen atoms in total. The smallest absolute Gasteiger partial charge is 0.303 e. The van der Waals surface area contributed by atoms with Crippen molar-refractivity contribution in [3.05, 3.63) is 35.1 Å². The van der Waals surface area contributed by atoms with Crippen LogP contribution in [0, 0.1) is 12.7 Å². The van der Waals surface area contributed by atoms with Crippen LogP contribution < -0.4 is 0 Å². The number of benzene rings is 1. The fourth-order valence-electron chi connectivity index (χ4n) is 1.86. The predicted octanol–water partition coefficient (Wildman–Crippen LogP) is 2.99. The highest BCUT2D eigenvalue weighted by molar-refractivity contribution is 5.66. The molecule has 0 aliphatic rings. The highest BCUT2D eigenvalue weighted by Crippen LogP contribution is 2.21. The molecule has 0 aromatic heterocycles. The lowest BCUT2D eigenvalue weighted by atomic mass is 10.0. The van der Waals surface area contributed by atoms with Crippen LogP contribution in [0.4, 0.5) is 4.39 Å². The first-order chi connectivity index (χ1) is 8.41. The molecule has 0 amide bonds. The lowest BCUT2D eigenvalue weighted by Crippen LogP contribution is -2.24. The maximum atomic E-state index is 13.2. The number of halogens is 1. The summed E-state index contributed by atoms with van der Waals surface area (Å²) in [5.74, 6) is -0.965. The van der Waals surface area contributed by atoms with E-state index in [1.54, 1.807) is 13.0 Å². The quantitative estimate of drug-likeness (QED) is 0.847. The average Bonchev–Trinajstić information content (AvgIpc) is 2.31. The van der Waals surface area contributed by atoms with E-state index in [4.69, 9.17) is 5.11 Å². The number of aliphatic carboxylic acids is 1. The summed E-state index contributed by atoms with van der Waals surface area (Å²) in [6, 6.07) is 5.25. The van der Waals surface area contributed by atoms with Gasteiger partial charge in [-0.25, -0.2) is 4.39 Å². The fourth-order valence-corrected chi connectivity index (χ4v) is 1.86. The third-order valence-corrected chi connectivity index (χ3v) is 3.23. The first kappa shape index (κ1) is 14.6. The summed E-state index contributed by atoms with van der Waals surface area (Å²) in [4.78, 5) is 12.5. The van der Waals surface area contributed by atoms with E-state index in [2.05, 4.69) is 4.90 Å². The second-order valence-electron chi connectivity index (χ2n) is 4.66. The number of carboxylic acid groups (broad SMARTS) is 1. The van der Waals surface area contributed by atoms with Crippen LogP contribution in [0.3, 0.4) is 0 Å². The van der Waals surface area contributed by atoms with Crippen molar-refractivity contribution in [2.75, 3.05) is 13.6 Å². The van der Waals surface area contributed by atoms with Crippen LogP contribution in [0.5, 0.6) is 0 Å². The molecule has 0 spiro atoms. The summed E-state index contributed by atoms with van der Waals surface area (Å²) in [6.45, 7) is 4.49. The Kier molecular flexibility index (Phi) is 5.28. The van der Waals surface area contributed by atoms with Gasteiger partial charge in [0.15, 0.2) is 0 Å². The molecule has 1 rings (SSSR count). The molecule has 0 heterocycles. The van der Waals surface area contributed by atoms with Crippen molar-refractivity contribution in [3.8, 4) is 0 Å². The molecule has 0 saturated carbocycles. The predicted molar refractivity (Wildman–Crippen MR) is 69.1 cm³/mol. The van der Waals surface area contributed by atoms with Crippen molar-refractivity contribution >= 4 is 5.97 Å². The Labute approximate surface area is 107 Å². The van der Waals surface area contributed by atoms with Crippen LogP contribution in [-0.2, 0) is 4.79 Å². The maximum absolute atomic E-state index is 13.2. The van der Waals surface area contributed by atoms with Gasteiger partial charge in [0.2, 0.25) is 0 Å². The molecule has 1 unspecified atom stereocenters. The number of aryl methyl sites for hydroxylation is 1. The third-order valence-electron chi connectivity index (χ3n) is 3.23. The zero-order valence-corrected chi connectivity index (χ0v) is 11.1. The summed E-state index contributed by atoms with van der Waals surface area (Å²) in [7, 11) is 1.95. The summed E-state index contributed by atoms with van der Waals surface area (Å²) in [5.41, 5.74) is 1.69. The van der Waals surface area contributed by atoms with Crippen LogP contribution in [0.15, 0.2) is 18.2 Å². The van der Waals surface area contributed by atoms with Gasteiger partial charge >= 0.3 is 5.97 Å². The molecule has 1 aromatic rings. The molecule has 0 fully saturated rings. The summed E-state index contributed by atoms with van der Waals surface area (Å²) in [6.07, 6.45) is 0.801. The van der Waals surface area contributed by atoms with E-state index in [1.807, 2.05) is 20.0 Å². The van der Waals surface area contributed by atoms with Crippen LogP contribution >= 0.6 is 0 Å². The van der Waals surface area contributed by atoms with Gasteiger partial charge in [-0.1, -0.05) is 12.1 Å². The third kappa shape index (κ3) is 4.11. The van der Waals surface area contributed by atoms with Crippen molar-refractivity contribution in [3.63, 3.8) is 0 Å². The van der Waals surface area contributed by atoms with E-state index in [1.165, 1.54) is 6.07 Å². The van der Waals surface area contributed by atoms with Gasteiger partial charge in [0.25, 0.3) is 0 Å². The SMILES string of the molecule is Cc1cc(C(C)N(C)CCCC(=O)O)ccc1F. The van der Waals surface area contributed by atoms with Crippen molar-refractivity contribution in [1.29, 1.82) is 0 Å². The molecule has 4 heteroatoms. The largest absolute Gasteiger partial charge is 0.481 e. The lowest BCUT2D eigenvalue weighted by molar-refractivity contribution is -0.137. The number of hydrogen-bond donors (Lipinski definition) is 1. The van der Waals surface area contributed by atoms with Gasteiger partial charge in [-0.05, 0) is 51.1 Å². The Bertz CT molecular complexity index is 420. The molecule has 0 aliphatic carbocycles. The zero-order chi connectivity index (χ0) is 13.7. The van der Waals surface area contributed by atoms with Gasteiger partial charge in [-0.2, -0.15) is 0 Å². The first-order valence-corrected chi connectivity index (χ1v) is 6.10. The molecule has 0 bridgehead atoms. The Morgan fingerprint density at radius 3 is 2.72 bits per heavy atom. The van der Waals surface area contributed by atoms with Crippen LogP contribution in [-0.4, -0.2) is 29.6 Å². The van der Waals surface area contributed by atoms with Crippen LogP contribution in [0.2, 0.25) is 0 Å². The Morgan fingerprint density at radius 2 is 2.17 bits per heavy atom. The average molecular weight is 253 g/mol. The fraction of sp³-hybridized carbons (Fsp3) is 0.500.